The highest BCUT2D eigenvalue weighted by Crippen LogP contribution is 2.25. The molecule has 1 aromatic rings. The highest BCUT2D eigenvalue weighted by molar-refractivity contribution is 5.87. The molecule has 0 aromatic heterocycles. The second kappa shape index (κ2) is 8.77. The van der Waals surface area contributed by atoms with Crippen LogP contribution < -0.4 is 0 Å². The molecule has 9 heteroatoms. The number of hydrogen-bond acceptors (Lipinski definition) is 9. The van der Waals surface area contributed by atoms with Gasteiger partial charge in [-0.1, -0.05) is 12.1 Å². The second-order valence-corrected chi connectivity index (χ2v) is 5.64. The van der Waals surface area contributed by atoms with Crippen molar-refractivity contribution in [3.05, 3.63) is 35.9 Å². The van der Waals surface area contributed by atoms with Crippen LogP contribution in [0.2, 0.25) is 0 Å². The van der Waals surface area contributed by atoms with Crippen LogP contribution in [0.3, 0.4) is 0 Å². The number of aliphatic hydroxyl groups is 3. The van der Waals surface area contributed by atoms with E-state index >= 15 is 0 Å². The fourth-order valence-electron chi connectivity index (χ4n) is 2.43. The normalized spacial score (nSPS) is 28.7. The lowest BCUT2D eigenvalue weighted by Gasteiger charge is -2.40. The van der Waals surface area contributed by atoms with Gasteiger partial charge in [0.05, 0.1) is 6.61 Å². The number of aromatic hydroxyl groups is 1. The molecule has 1 aliphatic rings. The predicted octanol–water partition coefficient (Wildman–Crippen LogP) is -0.681. The Kier molecular flexibility index (Phi) is 6.70. The van der Waals surface area contributed by atoms with Crippen molar-refractivity contribution in [2.24, 2.45) is 0 Å². The van der Waals surface area contributed by atoms with E-state index in [0.717, 1.165) is 13.0 Å². The van der Waals surface area contributed by atoms with Gasteiger partial charge in [0.1, 0.15) is 18.0 Å². The molecule has 1 heterocycles. The average molecular weight is 368 g/mol. The van der Waals surface area contributed by atoms with Gasteiger partial charge in [0.25, 0.3) is 0 Å². The van der Waals surface area contributed by atoms with Crippen molar-refractivity contribution in [2.45, 2.75) is 37.6 Å². The molecule has 9 nitrogen and oxygen atoms in total. The number of ether oxygens (including phenoxy) is 3. The van der Waals surface area contributed by atoms with Gasteiger partial charge < -0.3 is 34.6 Å². The monoisotopic (exact) mass is 368 g/mol. The number of phenols is 1. The minimum Gasteiger partial charge on any atom is -0.508 e. The van der Waals surface area contributed by atoms with Crippen LogP contribution in [0.25, 0.3) is 6.08 Å². The zero-order valence-electron chi connectivity index (χ0n) is 13.9. The van der Waals surface area contributed by atoms with E-state index < -0.39 is 49.3 Å². The number of benzene rings is 1. The summed E-state index contributed by atoms with van der Waals surface area (Å²) in [5.74, 6) is -1.57. The number of carbonyl (C=O) groups excluding carboxylic acids is 2. The Morgan fingerprint density at radius 2 is 1.81 bits per heavy atom. The molecular weight excluding hydrogens is 348 g/mol. The number of hydrogen-bond donors (Lipinski definition) is 4. The number of phenolic OH excluding ortho intramolecular Hbond substituents is 1. The van der Waals surface area contributed by atoms with E-state index in [2.05, 4.69) is 0 Å². The maximum Gasteiger partial charge on any atom is 0.331 e. The Morgan fingerprint density at radius 3 is 2.38 bits per heavy atom. The Bertz CT molecular complexity index is 655. The Labute approximate surface area is 149 Å². The van der Waals surface area contributed by atoms with Crippen molar-refractivity contribution in [1.82, 2.24) is 0 Å². The van der Waals surface area contributed by atoms with Crippen LogP contribution >= 0.6 is 0 Å². The summed E-state index contributed by atoms with van der Waals surface area (Å²) in [7, 11) is 0. The van der Waals surface area contributed by atoms with Gasteiger partial charge in [0.2, 0.25) is 0 Å². The molecular formula is C17H20O9. The van der Waals surface area contributed by atoms with Crippen molar-refractivity contribution >= 4 is 18.0 Å². The molecule has 4 N–H and O–H groups in total. The van der Waals surface area contributed by atoms with Crippen LogP contribution in [0.4, 0.5) is 0 Å². The second-order valence-electron chi connectivity index (χ2n) is 5.64. The number of carbonyl (C=O) groups is 2. The number of rotatable bonds is 5. The van der Waals surface area contributed by atoms with Crippen LogP contribution in [0.5, 0.6) is 5.75 Å². The summed E-state index contributed by atoms with van der Waals surface area (Å²) >= 11 is 0. The van der Waals surface area contributed by atoms with Crippen LogP contribution in [-0.2, 0) is 23.8 Å². The first-order valence-corrected chi connectivity index (χ1v) is 7.79. The fraction of sp³-hybridized carbons (Fsp3) is 0.412. The summed E-state index contributed by atoms with van der Waals surface area (Å²) in [5.41, 5.74) is 0.608. The van der Waals surface area contributed by atoms with Crippen molar-refractivity contribution in [1.29, 1.82) is 0 Å². The zero-order chi connectivity index (χ0) is 19.3. The van der Waals surface area contributed by atoms with Crippen LogP contribution in [0.1, 0.15) is 12.5 Å². The Morgan fingerprint density at radius 1 is 1.15 bits per heavy atom. The van der Waals surface area contributed by atoms with Gasteiger partial charge in [0, 0.05) is 13.0 Å². The summed E-state index contributed by atoms with van der Waals surface area (Å²) in [5, 5.41) is 38.4. The van der Waals surface area contributed by atoms with Crippen LogP contribution in [-0.4, -0.2) is 69.7 Å². The molecule has 0 saturated carbocycles. The molecule has 0 bridgehead atoms. The molecule has 0 spiro atoms. The number of esters is 2. The number of aliphatic hydroxyl groups excluding tert-OH is 3. The minimum absolute atomic E-state index is 0.0730. The summed E-state index contributed by atoms with van der Waals surface area (Å²) < 4.78 is 15.0. The zero-order valence-corrected chi connectivity index (χ0v) is 13.9. The van der Waals surface area contributed by atoms with Gasteiger partial charge in [0.15, 0.2) is 18.5 Å². The molecule has 1 aliphatic heterocycles. The summed E-state index contributed by atoms with van der Waals surface area (Å²) in [6.07, 6.45) is -4.80. The van der Waals surface area contributed by atoms with Gasteiger partial charge in [-0.3, -0.25) is 4.79 Å². The van der Waals surface area contributed by atoms with E-state index in [9.17, 15) is 24.9 Å². The highest BCUT2D eigenvalue weighted by Gasteiger charge is 2.48. The first-order valence-electron chi connectivity index (χ1n) is 7.79. The molecule has 0 aliphatic carbocycles. The van der Waals surface area contributed by atoms with E-state index in [4.69, 9.17) is 19.3 Å². The SMILES string of the molecule is CC(=O)O[C@H]1[C@H](O)[C@H](CO)O[C@H](O)[C@@H]1OC(=O)C=Cc1ccc(O)cc1. The molecule has 142 valence electrons. The minimum atomic E-state index is -1.70. The first-order chi connectivity index (χ1) is 12.3. The third-order valence-electron chi connectivity index (χ3n) is 3.68. The van der Waals surface area contributed by atoms with Crippen molar-refractivity contribution < 1.29 is 44.2 Å². The molecule has 26 heavy (non-hydrogen) atoms. The molecule has 2 rings (SSSR count). The standard InChI is InChI=1S/C17H20O9/c1-9(19)24-15-14(22)12(8-18)25-17(23)16(15)26-13(21)7-4-10-2-5-11(20)6-3-10/h2-7,12,14-18,20,22-23H,8H2,1H3/t12-,14+,15-,16+,17-/m0/s1. The topological polar surface area (TPSA) is 143 Å². The Hall–Kier alpha value is -2.46. The highest BCUT2D eigenvalue weighted by atomic mass is 16.7. The van der Waals surface area contributed by atoms with E-state index in [1.807, 2.05) is 0 Å². The quantitative estimate of drug-likeness (QED) is 0.392. The van der Waals surface area contributed by atoms with Gasteiger partial charge in [-0.25, -0.2) is 4.79 Å². The van der Waals surface area contributed by atoms with E-state index in [1.54, 1.807) is 12.1 Å². The van der Waals surface area contributed by atoms with Crippen LogP contribution in [0.15, 0.2) is 30.3 Å². The lowest BCUT2D eigenvalue weighted by Crippen LogP contribution is -2.61. The molecule has 0 radical (unpaired) electrons. The average Bonchev–Trinajstić information content (AvgIpc) is 2.60. The first kappa shape index (κ1) is 19.9. The fourth-order valence-corrected chi connectivity index (χ4v) is 2.43. The molecule has 1 saturated heterocycles. The maximum absolute atomic E-state index is 12.0. The molecule has 0 amide bonds. The van der Waals surface area contributed by atoms with Gasteiger partial charge in [-0.05, 0) is 23.8 Å². The van der Waals surface area contributed by atoms with Crippen LogP contribution in [0, 0.1) is 0 Å². The smallest absolute Gasteiger partial charge is 0.331 e. The Balaban J connectivity index is 2.09. The molecule has 1 fully saturated rings. The lowest BCUT2D eigenvalue weighted by molar-refractivity contribution is -0.292. The third kappa shape index (κ3) is 5.02. The van der Waals surface area contributed by atoms with Crippen molar-refractivity contribution in [3.8, 4) is 5.75 Å². The molecule has 0 unspecified atom stereocenters. The summed E-state index contributed by atoms with van der Waals surface area (Å²) in [6, 6.07) is 6.00. The van der Waals surface area contributed by atoms with Crippen molar-refractivity contribution in [2.75, 3.05) is 6.61 Å². The largest absolute Gasteiger partial charge is 0.508 e. The van der Waals surface area contributed by atoms with Gasteiger partial charge in [-0.2, -0.15) is 0 Å². The van der Waals surface area contributed by atoms with E-state index in [-0.39, 0.29) is 5.75 Å². The predicted molar refractivity (Wildman–Crippen MR) is 86.5 cm³/mol. The molecule has 1 aromatic carbocycles. The van der Waals surface area contributed by atoms with Gasteiger partial charge >= 0.3 is 11.9 Å². The lowest BCUT2D eigenvalue weighted by atomic mass is 9.99. The maximum atomic E-state index is 12.0. The third-order valence-corrected chi connectivity index (χ3v) is 3.68. The van der Waals surface area contributed by atoms with Crippen molar-refractivity contribution in [3.63, 3.8) is 0 Å². The summed E-state index contributed by atoms with van der Waals surface area (Å²) in [6.45, 7) is 0.462. The molecule has 5 atom stereocenters. The van der Waals surface area contributed by atoms with Gasteiger partial charge in [-0.15, -0.1) is 0 Å². The van der Waals surface area contributed by atoms with E-state index in [1.165, 1.54) is 18.2 Å². The summed E-state index contributed by atoms with van der Waals surface area (Å²) in [4.78, 5) is 23.2. The van der Waals surface area contributed by atoms with E-state index in [0.29, 0.717) is 5.56 Å².